The minimum Gasteiger partial charge on any atom is -0.493 e. The Morgan fingerprint density at radius 2 is 1.57 bits per heavy atom. The number of aliphatic carboxylic acids is 2. The fraction of sp³-hybridized carbons (Fsp3) is 0.148. The summed E-state index contributed by atoms with van der Waals surface area (Å²) in [5, 5.41) is 37.3. The number of anilines is 2. The molecule has 0 spiro atoms. The first-order valence-corrected chi connectivity index (χ1v) is 12.1. The number of fused-ring (bicyclic) bond motifs is 5. The molecule has 1 aliphatic rings. The zero-order valence-corrected chi connectivity index (χ0v) is 23.1. The Morgan fingerprint density at radius 3 is 2.09 bits per heavy atom. The number of carboxylic acids is 2. The molecule has 4 aromatic rings. The van der Waals surface area contributed by atoms with Crippen LogP contribution in [-0.4, -0.2) is 68.7 Å². The number of hydrogen-bond donors (Lipinski definition) is 4. The fourth-order valence-corrected chi connectivity index (χ4v) is 3.85. The number of aromatic nitrogens is 4. The summed E-state index contributed by atoms with van der Waals surface area (Å²) >= 11 is 0. The highest BCUT2D eigenvalue weighted by atomic mass is 19.4. The number of nitrogens with zero attached hydrogens (tertiary/aromatic N) is 5. The zero-order chi connectivity index (χ0) is 34.4. The quantitative estimate of drug-likeness (QED) is 0.184. The molecule has 4 heterocycles. The van der Waals surface area contributed by atoms with Gasteiger partial charge in [-0.2, -0.15) is 36.9 Å². The second-order valence-corrected chi connectivity index (χ2v) is 8.49. The number of methoxy groups -OCH3 is 2. The lowest BCUT2D eigenvalue weighted by atomic mass is 9.99. The van der Waals surface area contributed by atoms with Gasteiger partial charge in [0, 0.05) is 29.6 Å². The first-order valence-electron chi connectivity index (χ1n) is 12.1. The van der Waals surface area contributed by atoms with Gasteiger partial charge in [0.2, 0.25) is 0 Å². The van der Waals surface area contributed by atoms with Gasteiger partial charge < -0.3 is 30.0 Å². The van der Waals surface area contributed by atoms with E-state index >= 15 is 0 Å². The number of imidazole rings is 1. The predicted octanol–water partition coefficient (Wildman–Crippen LogP) is 5.28. The van der Waals surface area contributed by atoms with Crippen LogP contribution in [0.25, 0.3) is 33.9 Å². The molecule has 46 heavy (non-hydrogen) atoms. The molecule has 0 bridgehead atoms. The van der Waals surface area contributed by atoms with Crippen LogP contribution in [0, 0.1) is 22.7 Å². The molecule has 0 unspecified atom stereocenters. The molecule has 0 amide bonds. The summed E-state index contributed by atoms with van der Waals surface area (Å²) in [6.45, 7) is 0. The van der Waals surface area contributed by atoms with E-state index in [0.717, 1.165) is 22.5 Å². The van der Waals surface area contributed by atoms with Crippen LogP contribution in [0.5, 0.6) is 11.5 Å². The van der Waals surface area contributed by atoms with Crippen molar-refractivity contribution >= 4 is 23.4 Å². The molecule has 0 saturated heterocycles. The van der Waals surface area contributed by atoms with Crippen molar-refractivity contribution in [2.75, 3.05) is 19.5 Å². The topological polar surface area (TPSA) is 207 Å². The highest BCUT2D eigenvalue weighted by molar-refractivity contribution is 5.96. The van der Waals surface area contributed by atoms with Gasteiger partial charge in [-0.05, 0) is 18.2 Å². The average molecular weight is 649 g/mol. The van der Waals surface area contributed by atoms with E-state index in [-0.39, 0.29) is 16.9 Å². The molecule has 13 nitrogen and oxygen atoms in total. The van der Waals surface area contributed by atoms with E-state index in [1.54, 1.807) is 18.6 Å². The van der Waals surface area contributed by atoms with Gasteiger partial charge in [-0.3, -0.25) is 4.98 Å². The van der Waals surface area contributed by atoms with Crippen molar-refractivity contribution in [1.29, 1.82) is 10.5 Å². The Morgan fingerprint density at radius 1 is 0.935 bits per heavy atom. The molecule has 1 aromatic carbocycles. The third kappa shape index (κ3) is 7.22. The molecular weight excluding hydrogens is 632 g/mol. The van der Waals surface area contributed by atoms with Crippen LogP contribution < -0.4 is 14.8 Å². The van der Waals surface area contributed by atoms with Crippen LogP contribution in [-0.2, 0) is 9.59 Å². The summed E-state index contributed by atoms with van der Waals surface area (Å²) in [5.41, 5.74) is 4.48. The van der Waals surface area contributed by atoms with Crippen molar-refractivity contribution in [2.24, 2.45) is 0 Å². The lowest BCUT2D eigenvalue weighted by Crippen LogP contribution is -2.21. The normalized spacial score (nSPS) is 11.1. The number of rotatable bonds is 3. The monoisotopic (exact) mass is 649 g/mol. The van der Waals surface area contributed by atoms with E-state index in [9.17, 15) is 36.9 Å². The Balaban J connectivity index is 0.000000345. The standard InChI is InChI=1S/C23H15N7O2.2C2HF3O2/c1-31-17-8-12(9-24)18(15(10-25)21(17)32-2)23-29-19-13-5-7-26-11-16(13)28-22-14(20(19)30-23)4-3-6-27-22;2*3-2(4,5)1(6)7/h3-8,11H,1-2H3,(H,27,28)(H,29,30);2*(H,6,7). The first-order chi connectivity index (χ1) is 21.6. The summed E-state index contributed by atoms with van der Waals surface area (Å²) in [5.74, 6) is -3.98. The number of alkyl halides is 6. The number of carbonyl (C=O) groups is 2. The maximum atomic E-state index is 10.6. The van der Waals surface area contributed by atoms with Crippen LogP contribution >= 0.6 is 0 Å². The molecule has 3 aromatic heterocycles. The van der Waals surface area contributed by atoms with Gasteiger partial charge in [-0.15, -0.1) is 0 Å². The van der Waals surface area contributed by atoms with E-state index in [4.69, 9.17) is 34.3 Å². The molecular formula is C27H17F6N7O6. The fourth-order valence-electron chi connectivity index (χ4n) is 3.85. The van der Waals surface area contributed by atoms with Gasteiger partial charge in [0.1, 0.15) is 35.0 Å². The molecule has 4 N–H and O–H groups in total. The third-order valence-electron chi connectivity index (χ3n) is 5.73. The highest BCUT2D eigenvalue weighted by Crippen LogP contribution is 2.45. The zero-order valence-electron chi connectivity index (χ0n) is 23.1. The number of nitriles is 2. The Hall–Kier alpha value is -6.37. The maximum Gasteiger partial charge on any atom is 0.490 e. The second kappa shape index (κ2) is 13.5. The average Bonchev–Trinajstić information content (AvgIpc) is 3.39. The van der Waals surface area contributed by atoms with Gasteiger partial charge in [-0.25, -0.2) is 19.6 Å². The molecule has 5 rings (SSSR count). The van der Waals surface area contributed by atoms with Gasteiger partial charge in [0.15, 0.2) is 11.5 Å². The minimum atomic E-state index is -5.08. The lowest BCUT2D eigenvalue weighted by molar-refractivity contribution is -0.193. The van der Waals surface area contributed by atoms with Crippen LogP contribution in [0.1, 0.15) is 11.1 Å². The van der Waals surface area contributed by atoms with Crippen molar-refractivity contribution < 1.29 is 55.6 Å². The number of carboxylic acid groups (broad SMARTS) is 2. The Bertz CT molecular complexity index is 1790. The molecule has 0 radical (unpaired) electrons. The number of nitrogens with one attached hydrogen (secondary N) is 2. The van der Waals surface area contributed by atoms with Crippen molar-refractivity contribution in [2.45, 2.75) is 12.4 Å². The first kappa shape index (κ1) is 34.1. The minimum absolute atomic E-state index is 0.159. The van der Waals surface area contributed by atoms with E-state index in [1.807, 2.05) is 18.2 Å². The summed E-state index contributed by atoms with van der Waals surface area (Å²) < 4.78 is 74.2. The Kier molecular flexibility index (Phi) is 10.0. The van der Waals surface area contributed by atoms with Crippen molar-refractivity contribution in [3.63, 3.8) is 0 Å². The summed E-state index contributed by atoms with van der Waals surface area (Å²) in [7, 11) is 2.90. The molecule has 1 aliphatic heterocycles. The summed E-state index contributed by atoms with van der Waals surface area (Å²) in [6, 6.07) is 11.4. The van der Waals surface area contributed by atoms with E-state index in [1.165, 1.54) is 20.3 Å². The Labute approximate surface area is 253 Å². The van der Waals surface area contributed by atoms with Crippen molar-refractivity contribution in [3.8, 4) is 57.5 Å². The molecule has 0 saturated carbocycles. The number of pyridine rings is 2. The number of benzene rings is 1. The molecule has 19 heteroatoms. The van der Waals surface area contributed by atoms with Crippen LogP contribution in [0.15, 0.2) is 42.9 Å². The number of halogens is 6. The number of hydrogen-bond acceptors (Lipinski definition) is 10. The van der Waals surface area contributed by atoms with Gasteiger partial charge in [0.05, 0.1) is 42.9 Å². The predicted molar refractivity (Wildman–Crippen MR) is 144 cm³/mol. The molecule has 0 atom stereocenters. The lowest BCUT2D eigenvalue weighted by Gasteiger charge is -2.13. The van der Waals surface area contributed by atoms with Crippen molar-refractivity contribution in [3.05, 3.63) is 54.0 Å². The molecule has 0 aliphatic carbocycles. The second-order valence-electron chi connectivity index (χ2n) is 8.49. The maximum absolute atomic E-state index is 10.6. The van der Waals surface area contributed by atoms with Gasteiger partial charge >= 0.3 is 24.3 Å². The molecule has 0 fully saturated rings. The largest absolute Gasteiger partial charge is 0.493 e. The highest BCUT2D eigenvalue weighted by Gasteiger charge is 2.39. The van der Waals surface area contributed by atoms with E-state index in [2.05, 4.69) is 32.4 Å². The van der Waals surface area contributed by atoms with E-state index in [0.29, 0.717) is 28.6 Å². The molecule has 238 valence electrons. The summed E-state index contributed by atoms with van der Waals surface area (Å²) in [4.78, 5) is 34.6. The third-order valence-corrected chi connectivity index (χ3v) is 5.73. The van der Waals surface area contributed by atoms with Gasteiger partial charge in [0.25, 0.3) is 0 Å². The van der Waals surface area contributed by atoms with Crippen LogP contribution in [0.2, 0.25) is 0 Å². The summed E-state index contributed by atoms with van der Waals surface area (Å²) in [6.07, 6.45) is -5.08. The van der Waals surface area contributed by atoms with Crippen LogP contribution in [0.3, 0.4) is 0 Å². The van der Waals surface area contributed by atoms with Crippen LogP contribution in [0.4, 0.5) is 37.8 Å². The van der Waals surface area contributed by atoms with Gasteiger partial charge in [-0.1, -0.05) is 0 Å². The van der Waals surface area contributed by atoms with E-state index < -0.39 is 24.3 Å². The smallest absolute Gasteiger partial charge is 0.490 e. The van der Waals surface area contributed by atoms with Crippen molar-refractivity contribution in [1.82, 2.24) is 19.9 Å². The number of aromatic amines is 1. The number of ether oxygens (including phenoxy) is 2. The SMILES string of the molecule is COc1cc(C#N)c(-c2nc3c([nH]2)-c2ccncc2Nc2ncccc2-3)c(C#N)c1OC.O=C(O)C(F)(F)F.O=C(O)C(F)(F)F. The number of H-pyrrole nitrogens is 1.